The van der Waals surface area contributed by atoms with E-state index in [1.807, 2.05) is 12.1 Å². The van der Waals surface area contributed by atoms with Gasteiger partial charge in [0.05, 0.1) is 19.3 Å². The SMILES string of the molecule is COCCOCC(=O)NCc1ccc2c(c1)[C@]1(C)CN(CC3CC3)C(C2=O)[C@@H]1C. The second-order valence-corrected chi connectivity index (χ2v) is 9.09. The van der Waals surface area contributed by atoms with E-state index < -0.39 is 0 Å². The van der Waals surface area contributed by atoms with Crippen molar-refractivity contribution in [3.63, 3.8) is 0 Å². The zero-order valence-electron chi connectivity index (χ0n) is 17.7. The van der Waals surface area contributed by atoms with E-state index in [-0.39, 0.29) is 29.8 Å². The molecule has 2 aliphatic carbocycles. The molecule has 1 N–H and O–H groups in total. The van der Waals surface area contributed by atoms with Gasteiger partial charge in [0.1, 0.15) is 6.61 Å². The number of benzene rings is 1. The van der Waals surface area contributed by atoms with Gasteiger partial charge in [0, 0.05) is 37.7 Å². The number of likely N-dealkylation sites (tertiary alicyclic amines) is 1. The smallest absolute Gasteiger partial charge is 0.246 e. The maximum atomic E-state index is 13.3. The molecule has 2 fully saturated rings. The first-order valence-electron chi connectivity index (χ1n) is 10.7. The number of carbonyl (C=O) groups is 2. The van der Waals surface area contributed by atoms with Gasteiger partial charge in [0.15, 0.2) is 5.78 Å². The molecule has 1 unspecified atom stereocenters. The molecule has 29 heavy (non-hydrogen) atoms. The summed E-state index contributed by atoms with van der Waals surface area (Å²) < 4.78 is 10.2. The number of fused-ring (bicyclic) bond motifs is 4. The van der Waals surface area contributed by atoms with Crippen LogP contribution in [-0.4, -0.2) is 62.7 Å². The monoisotopic (exact) mass is 400 g/mol. The van der Waals surface area contributed by atoms with Gasteiger partial charge >= 0.3 is 0 Å². The predicted octanol–water partition coefficient (Wildman–Crippen LogP) is 2.15. The Labute approximate surface area is 172 Å². The first-order chi connectivity index (χ1) is 13.9. The first kappa shape index (κ1) is 20.5. The number of methoxy groups -OCH3 is 1. The fraction of sp³-hybridized carbons (Fsp3) is 0.652. The van der Waals surface area contributed by atoms with Crippen molar-refractivity contribution in [2.24, 2.45) is 11.8 Å². The van der Waals surface area contributed by atoms with E-state index >= 15 is 0 Å². The number of hydrogen-bond donors (Lipinski definition) is 1. The molecule has 4 rings (SSSR count). The van der Waals surface area contributed by atoms with Crippen LogP contribution >= 0.6 is 0 Å². The zero-order chi connectivity index (χ0) is 20.6. The molecule has 6 nitrogen and oxygen atoms in total. The molecule has 1 aliphatic heterocycles. The minimum absolute atomic E-state index is 0.0166. The molecule has 1 heterocycles. The molecule has 1 amide bonds. The van der Waals surface area contributed by atoms with Gasteiger partial charge in [-0.2, -0.15) is 0 Å². The number of ether oxygens (including phenoxy) is 2. The van der Waals surface area contributed by atoms with Crippen molar-refractivity contribution in [1.82, 2.24) is 10.2 Å². The summed E-state index contributed by atoms with van der Waals surface area (Å²) in [6.07, 6.45) is 2.60. The largest absolute Gasteiger partial charge is 0.382 e. The second kappa shape index (κ2) is 8.17. The highest BCUT2D eigenvalue weighted by Gasteiger charge is 2.56. The van der Waals surface area contributed by atoms with Crippen LogP contribution in [0.2, 0.25) is 0 Å². The Morgan fingerprint density at radius 1 is 1.31 bits per heavy atom. The lowest BCUT2D eigenvalue weighted by Crippen LogP contribution is -2.44. The molecule has 158 valence electrons. The number of amides is 1. The lowest BCUT2D eigenvalue weighted by molar-refractivity contribution is -0.126. The fourth-order valence-corrected chi connectivity index (χ4v) is 4.97. The summed E-state index contributed by atoms with van der Waals surface area (Å²) in [5, 5.41) is 2.90. The van der Waals surface area contributed by atoms with Gasteiger partial charge in [-0.15, -0.1) is 0 Å². The van der Waals surface area contributed by atoms with Crippen LogP contribution in [0.1, 0.15) is 48.2 Å². The van der Waals surface area contributed by atoms with Gasteiger partial charge in [0.25, 0.3) is 0 Å². The third-order valence-electron chi connectivity index (χ3n) is 6.98. The molecule has 1 aromatic carbocycles. The van der Waals surface area contributed by atoms with Crippen LogP contribution in [0, 0.1) is 11.8 Å². The first-order valence-corrected chi connectivity index (χ1v) is 10.7. The molecule has 0 aromatic heterocycles. The van der Waals surface area contributed by atoms with Crippen molar-refractivity contribution in [2.75, 3.05) is 40.0 Å². The van der Waals surface area contributed by atoms with E-state index in [9.17, 15) is 9.59 Å². The average molecular weight is 401 g/mol. The number of Topliss-reactive ketones (excluding diaryl/α,β-unsaturated/α-hetero) is 1. The van der Waals surface area contributed by atoms with E-state index in [1.165, 1.54) is 12.8 Å². The van der Waals surface area contributed by atoms with Crippen LogP contribution < -0.4 is 5.32 Å². The topological polar surface area (TPSA) is 67.9 Å². The Morgan fingerprint density at radius 3 is 2.83 bits per heavy atom. The number of nitrogens with zero attached hydrogens (tertiary/aromatic N) is 1. The Bertz CT molecular complexity index is 791. The Balaban J connectivity index is 1.45. The van der Waals surface area contributed by atoms with Gasteiger partial charge in [-0.3, -0.25) is 14.5 Å². The molecule has 0 spiro atoms. The van der Waals surface area contributed by atoms with Crippen molar-refractivity contribution >= 4 is 11.7 Å². The van der Waals surface area contributed by atoms with E-state index in [0.29, 0.717) is 25.7 Å². The maximum absolute atomic E-state index is 13.3. The number of rotatable bonds is 9. The Hall–Kier alpha value is -1.76. The summed E-state index contributed by atoms with van der Waals surface area (Å²) in [6.45, 7) is 7.86. The summed E-state index contributed by atoms with van der Waals surface area (Å²) in [5.74, 6) is 1.20. The fourth-order valence-electron chi connectivity index (χ4n) is 4.97. The van der Waals surface area contributed by atoms with Crippen LogP contribution in [0.15, 0.2) is 18.2 Å². The summed E-state index contributed by atoms with van der Waals surface area (Å²) in [6, 6.07) is 6.08. The van der Waals surface area contributed by atoms with E-state index in [1.54, 1.807) is 7.11 Å². The second-order valence-electron chi connectivity index (χ2n) is 9.09. The summed E-state index contributed by atoms with van der Waals surface area (Å²) in [7, 11) is 1.60. The van der Waals surface area contributed by atoms with Gasteiger partial charge < -0.3 is 14.8 Å². The highest BCUT2D eigenvalue weighted by molar-refractivity contribution is 6.04. The van der Waals surface area contributed by atoms with E-state index in [0.717, 1.165) is 35.7 Å². The number of nitrogens with one attached hydrogen (secondary N) is 1. The van der Waals surface area contributed by atoms with Crippen LogP contribution in [0.25, 0.3) is 0 Å². The lowest BCUT2D eigenvalue weighted by Gasteiger charge is -2.36. The van der Waals surface area contributed by atoms with Crippen LogP contribution in [-0.2, 0) is 26.2 Å². The summed E-state index contributed by atoms with van der Waals surface area (Å²) >= 11 is 0. The van der Waals surface area contributed by atoms with Gasteiger partial charge in [-0.05, 0) is 35.8 Å². The van der Waals surface area contributed by atoms with Gasteiger partial charge in [0.2, 0.25) is 5.91 Å². The van der Waals surface area contributed by atoms with Crippen molar-refractivity contribution in [1.29, 1.82) is 0 Å². The molecule has 0 radical (unpaired) electrons. The van der Waals surface area contributed by atoms with Crippen molar-refractivity contribution in [3.8, 4) is 0 Å². The zero-order valence-corrected chi connectivity index (χ0v) is 17.7. The number of ketones is 1. The van der Waals surface area contributed by atoms with Crippen LogP contribution in [0.4, 0.5) is 0 Å². The van der Waals surface area contributed by atoms with E-state index in [4.69, 9.17) is 9.47 Å². The number of carbonyl (C=O) groups excluding carboxylic acids is 2. The Morgan fingerprint density at radius 2 is 2.10 bits per heavy atom. The van der Waals surface area contributed by atoms with E-state index in [2.05, 4.69) is 30.1 Å². The highest BCUT2D eigenvalue weighted by Crippen LogP contribution is 2.50. The molecular weight excluding hydrogens is 368 g/mol. The van der Waals surface area contributed by atoms with Crippen LogP contribution in [0.5, 0.6) is 0 Å². The minimum Gasteiger partial charge on any atom is -0.382 e. The average Bonchev–Trinajstić information content (AvgIpc) is 3.49. The third-order valence-corrected chi connectivity index (χ3v) is 6.98. The molecule has 6 heteroatoms. The summed E-state index contributed by atoms with van der Waals surface area (Å²) in [4.78, 5) is 27.7. The van der Waals surface area contributed by atoms with Gasteiger partial charge in [-0.1, -0.05) is 32.0 Å². The molecule has 1 saturated carbocycles. The lowest BCUT2D eigenvalue weighted by atomic mass is 9.65. The minimum atomic E-state index is -0.147. The molecule has 3 aliphatic rings. The molecular formula is C23H32N2O4. The highest BCUT2D eigenvalue weighted by atomic mass is 16.5. The van der Waals surface area contributed by atoms with Crippen LogP contribution in [0.3, 0.4) is 0 Å². The normalized spacial score (nSPS) is 28.4. The van der Waals surface area contributed by atoms with Crippen molar-refractivity contribution < 1.29 is 19.1 Å². The Kier molecular flexibility index (Phi) is 5.78. The molecule has 2 bridgehead atoms. The summed E-state index contributed by atoms with van der Waals surface area (Å²) in [5.41, 5.74) is 3.01. The third kappa shape index (κ3) is 3.98. The predicted molar refractivity (Wildman–Crippen MR) is 110 cm³/mol. The molecule has 1 aromatic rings. The standard InChI is InChI=1S/C23H32N2O4/c1-15-21-22(27)18-7-6-17(11-24-20(26)13-29-9-8-28-3)10-19(18)23(15,2)14-25(21)12-16-4-5-16/h6-7,10,15-16,21H,4-5,8-9,11-14H2,1-3H3,(H,24,26)/t15-,21?,23+/m0/s1. The van der Waals surface area contributed by atoms with Crippen molar-refractivity contribution in [3.05, 3.63) is 34.9 Å². The van der Waals surface area contributed by atoms with Crippen molar-refractivity contribution in [2.45, 2.75) is 44.7 Å². The quantitative estimate of drug-likeness (QED) is 0.644. The molecule has 3 atom stereocenters. The van der Waals surface area contributed by atoms with Gasteiger partial charge in [-0.25, -0.2) is 0 Å². The maximum Gasteiger partial charge on any atom is 0.246 e. The number of hydrogen-bond acceptors (Lipinski definition) is 5. The molecule has 1 saturated heterocycles.